The van der Waals surface area contributed by atoms with Gasteiger partial charge in [0, 0.05) is 15.6 Å². The molecule has 0 unspecified atom stereocenters. The summed E-state index contributed by atoms with van der Waals surface area (Å²) in [5, 5.41) is 12.0. The van der Waals surface area contributed by atoms with Crippen molar-refractivity contribution < 1.29 is 9.53 Å². The van der Waals surface area contributed by atoms with Crippen LogP contribution in [0.15, 0.2) is 18.2 Å². The Morgan fingerprint density at radius 3 is 2.13 bits per heavy atom. The van der Waals surface area contributed by atoms with Crippen LogP contribution in [0.3, 0.4) is 0 Å². The first-order chi connectivity index (χ1) is 10.5. The van der Waals surface area contributed by atoms with E-state index in [-0.39, 0.29) is 11.1 Å². The molecule has 1 rings (SSSR count). The van der Waals surface area contributed by atoms with Crippen LogP contribution in [0, 0.1) is 0 Å². The van der Waals surface area contributed by atoms with E-state index < -0.39 is 14.4 Å². The number of hydrogen-bond acceptors (Lipinski definition) is 2. The van der Waals surface area contributed by atoms with Crippen LogP contribution >= 0.6 is 23.2 Å². The van der Waals surface area contributed by atoms with Crippen molar-refractivity contribution >= 4 is 31.5 Å². The van der Waals surface area contributed by atoms with Crippen LogP contribution in [0.5, 0.6) is 0 Å². The average Bonchev–Trinajstić information content (AvgIpc) is 2.41. The summed E-state index contributed by atoms with van der Waals surface area (Å²) >= 11 is 12.5. The lowest BCUT2D eigenvalue weighted by Gasteiger charge is -2.40. The van der Waals surface area contributed by atoms with Gasteiger partial charge < -0.3 is 9.53 Å². The summed E-state index contributed by atoms with van der Waals surface area (Å²) < 4.78 is 6.50. The van der Waals surface area contributed by atoms with Gasteiger partial charge in [-0.25, -0.2) is 0 Å². The molecule has 2 atom stereocenters. The molecule has 1 N–H and O–H groups in total. The van der Waals surface area contributed by atoms with Gasteiger partial charge in [0.05, 0.1) is 6.10 Å². The quantitative estimate of drug-likeness (QED) is 0.542. The van der Waals surface area contributed by atoms with Crippen LogP contribution in [0.2, 0.25) is 28.2 Å². The maximum atomic E-state index is 10.9. The predicted octanol–water partition coefficient (Wildman–Crippen LogP) is 6.61. The molecule has 0 fully saturated rings. The predicted molar refractivity (Wildman–Crippen MR) is 103 cm³/mol. The number of rotatable bonds is 7. The highest BCUT2D eigenvalue weighted by molar-refractivity contribution is 6.74. The number of benzene rings is 1. The molecule has 0 amide bonds. The molecule has 0 aromatic heterocycles. The van der Waals surface area contributed by atoms with Gasteiger partial charge in [-0.1, -0.05) is 69.8 Å². The van der Waals surface area contributed by atoms with Crippen molar-refractivity contribution in [2.75, 3.05) is 0 Å². The summed E-state index contributed by atoms with van der Waals surface area (Å²) in [6.45, 7) is 13.1. The van der Waals surface area contributed by atoms with Gasteiger partial charge in [-0.15, -0.1) is 0 Å². The fourth-order valence-electron chi connectivity index (χ4n) is 2.22. The molecule has 0 aliphatic rings. The van der Waals surface area contributed by atoms with Gasteiger partial charge in [0.15, 0.2) is 8.32 Å². The topological polar surface area (TPSA) is 29.5 Å². The summed E-state index contributed by atoms with van der Waals surface area (Å²) in [5.74, 6) is 0. The average molecular weight is 377 g/mol. The van der Waals surface area contributed by atoms with Crippen molar-refractivity contribution in [2.45, 2.75) is 77.3 Å². The molecule has 0 radical (unpaired) electrons. The lowest BCUT2D eigenvalue weighted by Crippen LogP contribution is -2.45. The van der Waals surface area contributed by atoms with E-state index >= 15 is 0 Å². The van der Waals surface area contributed by atoms with E-state index in [1.54, 1.807) is 18.2 Å². The molecule has 0 aliphatic carbocycles. The molecule has 0 bridgehead atoms. The fourth-order valence-corrected chi connectivity index (χ4v) is 4.20. The van der Waals surface area contributed by atoms with Crippen LogP contribution in [0.25, 0.3) is 0 Å². The largest absolute Gasteiger partial charge is 0.411 e. The summed E-state index contributed by atoms with van der Waals surface area (Å²) in [4.78, 5) is 0. The third-order valence-corrected chi connectivity index (χ3v) is 9.91. The van der Waals surface area contributed by atoms with Gasteiger partial charge in [-0.2, -0.15) is 0 Å². The molecule has 0 heterocycles. The van der Waals surface area contributed by atoms with Gasteiger partial charge in [0.2, 0.25) is 0 Å². The third kappa shape index (κ3) is 5.47. The first kappa shape index (κ1) is 21.0. The highest BCUT2D eigenvalue weighted by Gasteiger charge is 2.41. The molecule has 0 spiro atoms. The number of hydrogen-bond donors (Lipinski definition) is 1. The van der Waals surface area contributed by atoms with Crippen LogP contribution in [0.1, 0.15) is 58.6 Å². The molecule has 0 aliphatic heterocycles. The SMILES string of the molecule is CCCC[C@H](O[Si](C)(C)C(C)(C)C)[C@@H](O)c1c(Cl)cccc1Cl. The van der Waals surface area contributed by atoms with E-state index in [2.05, 4.69) is 40.8 Å². The molecule has 23 heavy (non-hydrogen) atoms. The van der Waals surface area contributed by atoms with E-state index in [0.717, 1.165) is 19.3 Å². The molecule has 1 aromatic rings. The van der Waals surface area contributed by atoms with Gasteiger partial charge in [-0.3, -0.25) is 0 Å². The van der Waals surface area contributed by atoms with Gasteiger partial charge >= 0.3 is 0 Å². The van der Waals surface area contributed by atoms with Crippen LogP contribution in [0.4, 0.5) is 0 Å². The molecule has 2 nitrogen and oxygen atoms in total. The minimum atomic E-state index is -1.99. The van der Waals surface area contributed by atoms with Crippen LogP contribution < -0.4 is 0 Å². The maximum Gasteiger partial charge on any atom is 0.192 e. The van der Waals surface area contributed by atoms with Crippen molar-refractivity contribution in [3.63, 3.8) is 0 Å². The Morgan fingerprint density at radius 2 is 1.70 bits per heavy atom. The monoisotopic (exact) mass is 376 g/mol. The van der Waals surface area contributed by atoms with E-state index in [1.165, 1.54) is 0 Å². The van der Waals surface area contributed by atoms with Crippen molar-refractivity contribution in [2.24, 2.45) is 0 Å². The second-order valence-electron chi connectivity index (χ2n) is 7.64. The minimum Gasteiger partial charge on any atom is -0.411 e. The normalized spacial score (nSPS) is 15.5. The molecular weight excluding hydrogens is 347 g/mol. The van der Waals surface area contributed by atoms with Crippen molar-refractivity contribution in [1.82, 2.24) is 0 Å². The highest BCUT2D eigenvalue weighted by Crippen LogP contribution is 2.41. The third-order valence-electron chi connectivity index (χ3n) is 4.74. The maximum absolute atomic E-state index is 10.9. The molecule has 1 aromatic carbocycles. The summed E-state index contributed by atoms with van der Waals surface area (Å²) in [5.41, 5.74) is 0.579. The second kappa shape index (κ2) is 8.35. The summed E-state index contributed by atoms with van der Waals surface area (Å²) in [6, 6.07) is 5.31. The lowest BCUT2D eigenvalue weighted by atomic mass is 10.00. The Hall–Kier alpha value is -0.0631. The number of aliphatic hydroxyl groups is 1. The zero-order valence-corrected chi connectivity index (χ0v) is 17.6. The zero-order chi connectivity index (χ0) is 17.8. The van der Waals surface area contributed by atoms with Gasteiger partial charge in [-0.05, 0) is 36.7 Å². The Kier molecular flexibility index (Phi) is 7.62. The number of halogens is 2. The molecule has 132 valence electrons. The van der Waals surface area contributed by atoms with Crippen molar-refractivity contribution in [3.8, 4) is 0 Å². The fraction of sp³-hybridized carbons (Fsp3) is 0.667. The van der Waals surface area contributed by atoms with Crippen molar-refractivity contribution in [1.29, 1.82) is 0 Å². The van der Waals surface area contributed by atoms with E-state index in [0.29, 0.717) is 15.6 Å². The zero-order valence-electron chi connectivity index (χ0n) is 15.1. The van der Waals surface area contributed by atoms with E-state index in [1.807, 2.05) is 0 Å². The highest BCUT2D eigenvalue weighted by atomic mass is 35.5. The first-order valence-corrected chi connectivity index (χ1v) is 12.0. The van der Waals surface area contributed by atoms with Crippen LogP contribution in [-0.2, 0) is 4.43 Å². The second-order valence-corrected chi connectivity index (χ2v) is 13.2. The van der Waals surface area contributed by atoms with E-state index in [4.69, 9.17) is 27.6 Å². The Morgan fingerprint density at radius 1 is 1.17 bits per heavy atom. The molecule has 0 saturated carbocycles. The van der Waals surface area contributed by atoms with Gasteiger partial charge in [0.1, 0.15) is 6.10 Å². The lowest BCUT2D eigenvalue weighted by molar-refractivity contribution is 0.0203. The standard InChI is InChI=1S/C18H30Cl2O2Si/c1-7-8-12-15(22-23(5,6)18(2,3)4)17(21)16-13(19)10-9-11-14(16)20/h9-11,15,17,21H,7-8,12H2,1-6H3/t15-,17+/m0/s1. The summed E-state index contributed by atoms with van der Waals surface area (Å²) in [6.07, 6.45) is 1.76. The molecular formula is C18H30Cl2O2Si. The number of aliphatic hydroxyl groups excluding tert-OH is 1. The molecule has 5 heteroatoms. The van der Waals surface area contributed by atoms with Crippen molar-refractivity contribution in [3.05, 3.63) is 33.8 Å². The van der Waals surface area contributed by atoms with Crippen LogP contribution in [-0.4, -0.2) is 19.5 Å². The Bertz CT molecular complexity index is 492. The number of unbranched alkanes of at least 4 members (excludes halogenated alkanes) is 1. The summed E-state index contributed by atoms with van der Waals surface area (Å²) in [7, 11) is -1.99. The molecule has 0 saturated heterocycles. The smallest absolute Gasteiger partial charge is 0.192 e. The Balaban J connectivity index is 3.11. The Labute approximate surface area is 152 Å². The first-order valence-electron chi connectivity index (χ1n) is 8.31. The van der Waals surface area contributed by atoms with Gasteiger partial charge in [0.25, 0.3) is 0 Å². The minimum absolute atomic E-state index is 0.0848. The van der Waals surface area contributed by atoms with E-state index in [9.17, 15) is 5.11 Å².